The summed E-state index contributed by atoms with van der Waals surface area (Å²) in [7, 11) is 1.91. The highest BCUT2D eigenvalue weighted by Gasteiger charge is 2.18. The second-order valence-corrected chi connectivity index (χ2v) is 3.21. The van der Waals surface area contributed by atoms with Gasteiger partial charge in [-0.3, -0.25) is 10.2 Å². The first-order valence-corrected chi connectivity index (χ1v) is 4.42. The Morgan fingerprint density at radius 3 is 2.92 bits per heavy atom. The summed E-state index contributed by atoms with van der Waals surface area (Å²) in [5, 5.41) is 5.05. The van der Waals surface area contributed by atoms with Crippen LogP contribution in [-0.4, -0.2) is 37.1 Å². The molecule has 0 spiro atoms. The predicted octanol–water partition coefficient (Wildman–Crippen LogP) is -0.279. The van der Waals surface area contributed by atoms with Gasteiger partial charge in [0.25, 0.3) is 0 Å². The Bertz CT molecular complexity index is 160. The Balaban J connectivity index is 2.30. The van der Waals surface area contributed by atoms with Gasteiger partial charge < -0.3 is 5.32 Å². The molecule has 1 unspecified atom stereocenters. The molecule has 1 aliphatic heterocycles. The first-order chi connectivity index (χ1) is 5.72. The van der Waals surface area contributed by atoms with Gasteiger partial charge in [-0.15, -0.1) is 0 Å². The van der Waals surface area contributed by atoms with E-state index in [1.165, 1.54) is 0 Å². The van der Waals surface area contributed by atoms with Crippen molar-refractivity contribution in [2.75, 3.05) is 20.1 Å². The third-order valence-corrected chi connectivity index (χ3v) is 2.15. The van der Waals surface area contributed by atoms with Crippen LogP contribution in [0.3, 0.4) is 0 Å². The normalized spacial score (nSPS) is 25.3. The average molecular weight is 171 g/mol. The van der Waals surface area contributed by atoms with Crippen molar-refractivity contribution in [1.29, 1.82) is 0 Å². The third kappa shape index (κ3) is 2.79. The molecular weight excluding hydrogens is 154 g/mol. The molecule has 4 nitrogen and oxygen atoms in total. The average Bonchev–Trinajstić information content (AvgIpc) is 2.03. The Morgan fingerprint density at radius 2 is 2.33 bits per heavy atom. The van der Waals surface area contributed by atoms with Gasteiger partial charge in [0.2, 0.25) is 5.91 Å². The van der Waals surface area contributed by atoms with E-state index in [2.05, 4.69) is 15.8 Å². The zero-order chi connectivity index (χ0) is 8.97. The first kappa shape index (κ1) is 9.48. The monoisotopic (exact) mass is 171 g/mol. The van der Waals surface area contributed by atoms with Crippen molar-refractivity contribution in [3.63, 3.8) is 0 Å². The fourth-order valence-corrected chi connectivity index (χ4v) is 1.59. The summed E-state index contributed by atoms with van der Waals surface area (Å²) in [5.74, 6) is 0.0675. The molecule has 0 aromatic rings. The van der Waals surface area contributed by atoms with Gasteiger partial charge in [-0.25, -0.2) is 5.01 Å². The lowest BCUT2D eigenvalue weighted by molar-refractivity contribution is -0.120. The SMILES string of the molecule is CNN1CCCC(NC(C)=O)C1. The van der Waals surface area contributed by atoms with Crippen LogP contribution in [0.15, 0.2) is 0 Å². The molecular formula is C8H17N3O. The lowest BCUT2D eigenvalue weighted by atomic mass is 10.1. The van der Waals surface area contributed by atoms with Gasteiger partial charge in [0.15, 0.2) is 0 Å². The van der Waals surface area contributed by atoms with Crippen LogP contribution in [0.2, 0.25) is 0 Å². The maximum atomic E-state index is 10.8. The van der Waals surface area contributed by atoms with E-state index in [1.54, 1.807) is 6.92 Å². The fraction of sp³-hybridized carbons (Fsp3) is 0.875. The smallest absolute Gasteiger partial charge is 0.217 e. The van der Waals surface area contributed by atoms with Crippen molar-refractivity contribution in [2.24, 2.45) is 0 Å². The molecule has 12 heavy (non-hydrogen) atoms. The van der Waals surface area contributed by atoms with Crippen LogP contribution in [0.25, 0.3) is 0 Å². The molecule has 0 radical (unpaired) electrons. The quantitative estimate of drug-likeness (QED) is 0.600. The summed E-state index contributed by atoms with van der Waals surface area (Å²) in [5.41, 5.74) is 3.09. The van der Waals surface area contributed by atoms with Gasteiger partial charge in [0, 0.05) is 26.1 Å². The first-order valence-electron chi connectivity index (χ1n) is 4.42. The van der Waals surface area contributed by atoms with Gasteiger partial charge in [0.05, 0.1) is 0 Å². The van der Waals surface area contributed by atoms with Crippen LogP contribution in [-0.2, 0) is 4.79 Å². The minimum Gasteiger partial charge on any atom is -0.352 e. The lowest BCUT2D eigenvalue weighted by Gasteiger charge is -2.31. The molecule has 1 heterocycles. The third-order valence-electron chi connectivity index (χ3n) is 2.15. The van der Waals surface area contributed by atoms with Gasteiger partial charge >= 0.3 is 0 Å². The second kappa shape index (κ2) is 4.42. The highest BCUT2D eigenvalue weighted by molar-refractivity contribution is 5.73. The number of hydrogen-bond donors (Lipinski definition) is 2. The summed E-state index contributed by atoms with van der Waals surface area (Å²) >= 11 is 0. The largest absolute Gasteiger partial charge is 0.352 e. The van der Waals surface area contributed by atoms with E-state index < -0.39 is 0 Å². The number of nitrogens with one attached hydrogen (secondary N) is 2. The predicted molar refractivity (Wildman–Crippen MR) is 47.5 cm³/mol. The summed E-state index contributed by atoms with van der Waals surface area (Å²) in [6, 6.07) is 0.323. The number of hydrazine groups is 1. The van der Waals surface area contributed by atoms with Crippen molar-refractivity contribution in [1.82, 2.24) is 15.8 Å². The molecule has 0 aromatic heterocycles. The lowest BCUT2D eigenvalue weighted by Crippen LogP contribution is -2.50. The van der Waals surface area contributed by atoms with Crippen LogP contribution in [0.1, 0.15) is 19.8 Å². The molecule has 0 saturated carbocycles. The molecule has 1 amide bonds. The van der Waals surface area contributed by atoms with E-state index in [4.69, 9.17) is 0 Å². The molecule has 1 rings (SSSR count). The molecule has 0 bridgehead atoms. The summed E-state index contributed by atoms with van der Waals surface area (Å²) in [6.07, 6.45) is 2.24. The van der Waals surface area contributed by atoms with Crippen molar-refractivity contribution in [2.45, 2.75) is 25.8 Å². The fourth-order valence-electron chi connectivity index (χ4n) is 1.59. The highest BCUT2D eigenvalue weighted by Crippen LogP contribution is 2.06. The van der Waals surface area contributed by atoms with Gasteiger partial charge in [-0.1, -0.05) is 0 Å². The Kier molecular flexibility index (Phi) is 3.49. The van der Waals surface area contributed by atoms with E-state index in [0.717, 1.165) is 25.9 Å². The zero-order valence-electron chi connectivity index (χ0n) is 7.76. The van der Waals surface area contributed by atoms with Gasteiger partial charge in [-0.2, -0.15) is 0 Å². The number of piperidine rings is 1. The van der Waals surface area contributed by atoms with Crippen LogP contribution in [0.5, 0.6) is 0 Å². The second-order valence-electron chi connectivity index (χ2n) is 3.21. The van der Waals surface area contributed by atoms with E-state index in [9.17, 15) is 4.79 Å². The molecule has 1 saturated heterocycles. The van der Waals surface area contributed by atoms with E-state index >= 15 is 0 Å². The van der Waals surface area contributed by atoms with Crippen molar-refractivity contribution in [3.05, 3.63) is 0 Å². The van der Waals surface area contributed by atoms with Crippen LogP contribution in [0, 0.1) is 0 Å². The standard InChI is InChI=1S/C8H17N3O/c1-7(12)10-8-4-3-5-11(6-8)9-2/h8-9H,3-6H2,1-2H3,(H,10,12). The number of carbonyl (C=O) groups is 1. The Hall–Kier alpha value is -0.610. The van der Waals surface area contributed by atoms with Gasteiger partial charge in [0.1, 0.15) is 0 Å². The van der Waals surface area contributed by atoms with Crippen LogP contribution >= 0.6 is 0 Å². The molecule has 4 heteroatoms. The topological polar surface area (TPSA) is 44.4 Å². The summed E-state index contributed by atoms with van der Waals surface area (Å²) in [6.45, 7) is 3.56. The van der Waals surface area contributed by atoms with Crippen LogP contribution < -0.4 is 10.7 Å². The maximum Gasteiger partial charge on any atom is 0.217 e. The minimum atomic E-state index is 0.0675. The molecule has 1 aliphatic rings. The Labute approximate surface area is 73.3 Å². The molecule has 1 fully saturated rings. The molecule has 0 aliphatic carbocycles. The van der Waals surface area contributed by atoms with Crippen molar-refractivity contribution >= 4 is 5.91 Å². The Morgan fingerprint density at radius 1 is 1.58 bits per heavy atom. The van der Waals surface area contributed by atoms with Crippen LogP contribution in [0.4, 0.5) is 0 Å². The summed E-state index contributed by atoms with van der Waals surface area (Å²) < 4.78 is 0. The molecule has 1 atom stereocenters. The number of carbonyl (C=O) groups excluding carboxylic acids is 1. The van der Waals surface area contributed by atoms with Gasteiger partial charge in [-0.05, 0) is 19.9 Å². The number of amides is 1. The van der Waals surface area contributed by atoms with Crippen molar-refractivity contribution < 1.29 is 4.79 Å². The number of hydrogen-bond acceptors (Lipinski definition) is 3. The number of rotatable bonds is 2. The van der Waals surface area contributed by atoms with E-state index in [1.807, 2.05) is 7.05 Å². The maximum absolute atomic E-state index is 10.8. The van der Waals surface area contributed by atoms with Crippen molar-refractivity contribution in [3.8, 4) is 0 Å². The highest BCUT2D eigenvalue weighted by atomic mass is 16.1. The van der Waals surface area contributed by atoms with E-state index in [0.29, 0.717) is 6.04 Å². The summed E-state index contributed by atoms with van der Waals surface area (Å²) in [4.78, 5) is 10.8. The molecule has 0 aromatic carbocycles. The molecule has 2 N–H and O–H groups in total. The molecule has 70 valence electrons. The van der Waals surface area contributed by atoms with E-state index in [-0.39, 0.29) is 5.91 Å². The minimum absolute atomic E-state index is 0.0675. The zero-order valence-corrected chi connectivity index (χ0v) is 7.76. The number of nitrogens with zero attached hydrogens (tertiary/aromatic N) is 1.